The molecule has 0 aliphatic carbocycles. The second-order valence-corrected chi connectivity index (χ2v) is 8.15. The Hall–Kier alpha value is -1.69. The summed E-state index contributed by atoms with van der Waals surface area (Å²) in [5.74, 6) is 0.707. The maximum Gasteiger partial charge on any atom is 0.255 e. The second kappa shape index (κ2) is 9.49. The van der Waals surface area contributed by atoms with Crippen molar-refractivity contribution in [1.82, 2.24) is 4.90 Å². The fourth-order valence-electron chi connectivity index (χ4n) is 2.95. The van der Waals surface area contributed by atoms with Crippen molar-refractivity contribution in [3.8, 4) is 0 Å². The van der Waals surface area contributed by atoms with Gasteiger partial charge in [-0.25, -0.2) is 0 Å². The van der Waals surface area contributed by atoms with Gasteiger partial charge in [0.2, 0.25) is 5.91 Å². The summed E-state index contributed by atoms with van der Waals surface area (Å²) in [6, 6.07) is 12.5. The smallest absolute Gasteiger partial charge is 0.255 e. The summed E-state index contributed by atoms with van der Waals surface area (Å²) in [5, 5.41) is 4.05. The molecular weight excluding hydrogens is 403 g/mol. The summed E-state index contributed by atoms with van der Waals surface area (Å²) in [6.07, 6.45) is 2.06. The van der Waals surface area contributed by atoms with E-state index in [0.29, 0.717) is 27.0 Å². The van der Waals surface area contributed by atoms with E-state index in [0.717, 1.165) is 31.5 Å². The van der Waals surface area contributed by atoms with E-state index in [9.17, 15) is 9.59 Å². The third kappa shape index (κ3) is 5.41. The molecular formula is C20H20Cl2N2O2S. The monoisotopic (exact) mass is 422 g/mol. The Kier molecular flexibility index (Phi) is 7.05. The third-order valence-electron chi connectivity index (χ3n) is 4.33. The van der Waals surface area contributed by atoms with Crippen LogP contribution in [0.15, 0.2) is 42.5 Å². The zero-order chi connectivity index (χ0) is 19.2. The van der Waals surface area contributed by atoms with E-state index >= 15 is 0 Å². The Morgan fingerprint density at radius 3 is 2.56 bits per heavy atom. The Labute approximate surface area is 173 Å². The molecule has 7 heteroatoms. The highest BCUT2D eigenvalue weighted by Gasteiger charge is 2.22. The highest BCUT2D eigenvalue weighted by molar-refractivity contribution is 7.99. The first-order chi connectivity index (χ1) is 13.0. The lowest BCUT2D eigenvalue weighted by Crippen LogP contribution is -2.29. The second-order valence-electron chi connectivity index (χ2n) is 6.32. The first-order valence-electron chi connectivity index (χ1n) is 8.74. The first kappa shape index (κ1) is 20.1. The average molecular weight is 423 g/mol. The number of benzene rings is 2. The molecule has 1 fully saturated rings. The summed E-state index contributed by atoms with van der Waals surface area (Å²) in [4.78, 5) is 26.8. The molecule has 0 bridgehead atoms. The molecule has 2 aromatic rings. The molecule has 3 rings (SSSR count). The van der Waals surface area contributed by atoms with Gasteiger partial charge in [-0.05, 0) is 42.7 Å². The summed E-state index contributed by atoms with van der Waals surface area (Å²) >= 11 is 13.5. The zero-order valence-corrected chi connectivity index (χ0v) is 17.0. The van der Waals surface area contributed by atoms with Crippen LogP contribution in [0.25, 0.3) is 0 Å². The average Bonchev–Trinajstić information content (AvgIpc) is 3.18. The van der Waals surface area contributed by atoms with E-state index in [1.807, 2.05) is 23.1 Å². The van der Waals surface area contributed by atoms with Crippen LogP contribution in [0.5, 0.6) is 0 Å². The number of nitrogens with one attached hydrogen (secondary N) is 1. The highest BCUT2D eigenvalue weighted by Crippen LogP contribution is 2.25. The van der Waals surface area contributed by atoms with Crippen LogP contribution in [0, 0.1) is 0 Å². The van der Waals surface area contributed by atoms with Gasteiger partial charge in [0.05, 0.1) is 17.0 Å². The molecule has 2 amide bonds. The van der Waals surface area contributed by atoms with Crippen LogP contribution in [0.4, 0.5) is 5.69 Å². The van der Waals surface area contributed by atoms with Crippen LogP contribution in [-0.2, 0) is 10.5 Å². The number of likely N-dealkylation sites (tertiary alicyclic amines) is 1. The number of rotatable bonds is 6. The van der Waals surface area contributed by atoms with E-state index in [-0.39, 0.29) is 17.6 Å². The van der Waals surface area contributed by atoms with Gasteiger partial charge in [-0.2, -0.15) is 0 Å². The molecule has 1 saturated heterocycles. The molecule has 4 nitrogen and oxygen atoms in total. The fraction of sp³-hybridized carbons (Fsp3) is 0.300. The number of hydrogen-bond acceptors (Lipinski definition) is 3. The van der Waals surface area contributed by atoms with Crippen molar-refractivity contribution < 1.29 is 9.59 Å². The zero-order valence-electron chi connectivity index (χ0n) is 14.7. The van der Waals surface area contributed by atoms with Gasteiger partial charge >= 0.3 is 0 Å². The van der Waals surface area contributed by atoms with Gasteiger partial charge in [0.15, 0.2) is 0 Å². The van der Waals surface area contributed by atoms with Crippen molar-refractivity contribution in [1.29, 1.82) is 0 Å². The van der Waals surface area contributed by atoms with E-state index in [2.05, 4.69) is 5.32 Å². The van der Waals surface area contributed by atoms with Crippen molar-refractivity contribution >= 4 is 52.5 Å². The highest BCUT2D eigenvalue weighted by atomic mass is 35.5. The van der Waals surface area contributed by atoms with Crippen molar-refractivity contribution in [2.45, 2.75) is 18.6 Å². The number of thioether (sulfide) groups is 1. The van der Waals surface area contributed by atoms with Crippen LogP contribution in [0.1, 0.15) is 28.8 Å². The number of carbonyl (C=O) groups is 2. The van der Waals surface area contributed by atoms with E-state index < -0.39 is 0 Å². The predicted octanol–water partition coefficient (Wildman–Crippen LogP) is 5.10. The topological polar surface area (TPSA) is 49.4 Å². The minimum atomic E-state index is -0.147. The number of carbonyl (C=O) groups excluding carboxylic acids is 2. The number of amides is 2. The van der Waals surface area contributed by atoms with Crippen molar-refractivity contribution in [2.75, 3.05) is 24.2 Å². The molecule has 142 valence electrons. The van der Waals surface area contributed by atoms with Crippen LogP contribution in [0.3, 0.4) is 0 Å². The van der Waals surface area contributed by atoms with Crippen molar-refractivity contribution in [2.24, 2.45) is 0 Å². The van der Waals surface area contributed by atoms with Gasteiger partial charge in [0, 0.05) is 28.9 Å². The SMILES string of the molecule is O=C(CSCc1ccc(Cl)cc1Cl)Nc1ccccc1C(=O)N1CCCC1. The maximum absolute atomic E-state index is 12.7. The van der Waals surface area contributed by atoms with Gasteiger partial charge in [0.1, 0.15) is 0 Å². The van der Waals surface area contributed by atoms with Gasteiger partial charge < -0.3 is 10.2 Å². The van der Waals surface area contributed by atoms with Crippen molar-refractivity contribution in [3.63, 3.8) is 0 Å². The molecule has 0 spiro atoms. The molecule has 0 aromatic heterocycles. The lowest BCUT2D eigenvalue weighted by molar-refractivity contribution is -0.113. The number of hydrogen-bond donors (Lipinski definition) is 1. The third-order valence-corrected chi connectivity index (χ3v) is 5.90. The minimum Gasteiger partial charge on any atom is -0.339 e. The molecule has 0 unspecified atom stereocenters. The van der Waals surface area contributed by atoms with Gasteiger partial charge in [-0.3, -0.25) is 9.59 Å². The number of anilines is 1. The first-order valence-corrected chi connectivity index (χ1v) is 10.7. The molecule has 27 heavy (non-hydrogen) atoms. The summed E-state index contributed by atoms with van der Waals surface area (Å²) in [7, 11) is 0. The predicted molar refractivity (Wildman–Crippen MR) is 113 cm³/mol. The van der Waals surface area contributed by atoms with Crippen LogP contribution < -0.4 is 5.32 Å². The van der Waals surface area contributed by atoms with Gasteiger partial charge in [-0.15, -0.1) is 11.8 Å². The fourth-order valence-corrected chi connectivity index (χ4v) is 4.33. The quantitative estimate of drug-likeness (QED) is 0.703. The summed E-state index contributed by atoms with van der Waals surface area (Å²) in [5.41, 5.74) is 2.03. The molecule has 0 radical (unpaired) electrons. The van der Waals surface area contributed by atoms with E-state index in [4.69, 9.17) is 23.2 Å². The van der Waals surface area contributed by atoms with E-state index in [1.165, 1.54) is 11.8 Å². The molecule has 1 N–H and O–H groups in total. The number of para-hydroxylation sites is 1. The standard InChI is InChI=1S/C20H20Cl2N2O2S/c21-15-8-7-14(17(22)11-15)12-27-13-19(25)23-18-6-2-1-5-16(18)20(26)24-9-3-4-10-24/h1-2,5-8,11H,3-4,9-10,12-13H2,(H,23,25). The Morgan fingerprint density at radius 1 is 1.07 bits per heavy atom. The van der Waals surface area contributed by atoms with Crippen LogP contribution in [-0.4, -0.2) is 35.6 Å². The molecule has 1 aliphatic heterocycles. The lowest BCUT2D eigenvalue weighted by Gasteiger charge is -2.18. The summed E-state index contributed by atoms with van der Waals surface area (Å²) < 4.78 is 0. The molecule has 0 saturated carbocycles. The minimum absolute atomic E-state index is 0.0241. The summed E-state index contributed by atoms with van der Waals surface area (Å²) in [6.45, 7) is 1.55. The van der Waals surface area contributed by atoms with Crippen LogP contribution in [0.2, 0.25) is 10.0 Å². The maximum atomic E-state index is 12.7. The van der Waals surface area contributed by atoms with Crippen LogP contribution >= 0.6 is 35.0 Å². The largest absolute Gasteiger partial charge is 0.339 e. The van der Waals surface area contributed by atoms with Gasteiger partial charge in [-0.1, -0.05) is 41.4 Å². The number of nitrogens with zero attached hydrogens (tertiary/aromatic N) is 1. The van der Waals surface area contributed by atoms with Gasteiger partial charge in [0.25, 0.3) is 5.91 Å². The Morgan fingerprint density at radius 2 is 1.81 bits per heavy atom. The van der Waals surface area contributed by atoms with E-state index in [1.54, 1.807) is 24.3 Å². The Balaban J connectivity index is 1.57. The van der Waals surface area contributed by atoms with Crippen molar-refractivity contribution in [3.05, 3.63) is 63.6 Å². The lowest BCUT2D eigenvalue weighted by atomic mass is 10.1. The number of halogens is 2. The normalized spacial score (nSPS) is 13.6. The molecule has 2 aromatic carbocycles. The Bertz CT molecular complexity index is 838. The molecule has 1 heterocycles. The molecule has 0 atom stereocenters. The molecule has 1 aliphatic rings.